The van der Waals surface area contributed by atoms with E-state index in [0.29, 0.717) is 65.8 Å². The number of phenolic OH excluding ortho intramolecular Hbond substituents is 1. The molecule has 3 aromatic carbocycles. The number of benzene rings is 3. The lowest BCUT2D eigenvalue weighted by atomic mass is 9.95. The number of nitrogens with zero attached hydrogens (tertiary/aromatic N) is 3. The number of carbonyl (C=O) groups is 1. The van der Waals surface area contributed by atoms with Crippen LogP contribution in [0.15, 0.2) is 97.1 Å². The normalized spacial score (nSPS) is 13.8. The highest BCUT2D eigenvalue weighted by atomic mass is 35.5. The first kappa shape index (κ1) is 46.0. The van der Waals surface area contributed by atoms with E-state index in [1.54, 1.807) is 30.2 Å². The minimum atomic E-state index is -0.585. The average Bonchev–Trinajstić information content (AvgIpc) is 3.25. The second kappa shape index (κ2) is 20.9. The first-order valence-corrected chi connectivity index (χ1v) is 19.9. The molecule has 4 heterocycles. The van der Waals surface area contributed by atoms with Crippen molar-refractivity contribution in [2.75, 3.05) is 44.8 Å². The third kappa shape index (κ3) is 11.6. The predicted molar refractivity (Wildman–Crippen MR) is 242 cm³/mol. The van der Waals surface area contributed by atoms with Gasteiger partial charge in [-0.2, -0.15) is 0 Å². The maximum absolute atomic E-state index is 12.7. The number of ether oxygens (including phenoxy) is 3. The van der Waals surface area contributed by atoms with E-state index in [4.69, 9.17) is 25.7 Å². The van der Waals surface area contributed by atoms with Crippen LogP contribution in [0.25, 0.3) is 33.7 Å². The number of nitrogens with two attached hydrogens (primary N) is 2. The molecule has 14 heteroatoms. The summed E-state index contributed by atoms with van der Waals surface area (Å²) in [6, 6.07) is 26.1. The summed E-state index contributed by atoms with van der Waals surface area (Å²) < 4.78 is 17.0. The zero-order valence-corrected chi connectivity index (χ0v) is 35.8. The highest BCUT2D eigenvalue weighted by Gasteiger charge is 2.27. The van der Waals surface area contributed by atoms with E-state index in [-0.39, 0.29) is 43.3 Å². The van der Waals surface area contributed by atoms with Gasteiger partial charge in [0.25, 0.3) is 0 Å². The molecule has 5 aromatic rings. The van der Waals surface area contributed by atoms with Crippen LogP contribution < -0.4 is 26.3 Å². The molecule has 0 saturated heterocycles. The maximum Gasteiger partial charge on any atom is 0.410 e. The summed E-state index contributed by atoms with van der Waals surface area (Å²) >= 11 is 0. The van der Waals surface area contributed by atoms with Gasteiger partial charge in [-0.3, -0.25) is 0 Å². The summed E-state index contributed by atoms with van der Waals surface area (Å²) in [5, 5.41) is 33.1. The fraction of sp³-hybridized carbons (Fsp3) is 0.298. The molecule has 0 bridgehead atoms. The standard InChI is InChI=1S/C30H35N3O5.C17H19N3O2.ClH/c1-30(2,3)38-29(35)33-15-7-8-21(17-33)24-16-26(32-28(31)25(24)18-34)23-9-5-6-10-27(23)37-19-20-11-13-22(36-4)14-12-20;18-17-14(10-21)13(11-4-3-7-19-9-11)8-15(20-17)12-5-1-2-6-16(12)22;/h5-6,8-14,16,34H,7,15,17-19H2,1-4H3,(H2,31,32);1-2,4-6,8,19,21-22H,3,7,9-10H2,(H2,18,20);1H. The number of halogens is 1. The Kier molecular flexibility index (Phi) is 15.8. The third-order valence-corrected chi connectivity index (χ3v) is 10.0. The minimum Gasteiger partial charge on any atom is -0.507 e. The highest BCUT2D eigenvalue weighted by Crippen LogP contribution is 2.36. The number of aromatic hydroxyl groups is 1. The summed E-state index contributed by atoms with van der Waals surface area (Å²) in [4.78, 5) is 23.3. The van der Waals surface area contributed by atoms with Crippen LogP contribution in [0.3, 0.4) is 0 Å². The topological polar surface area (TPSA) is 199 Å². The fourth-order valence-corrected chi connectivity index (χ4v) is 7.01. The molecule has 13 nitrogen and oxygen atoms in total. The van der Waals surface area contributed by atoms with Crippen LogP contribution >= 0.6 is 12.4 Å². The molecule has 2 aliphatic rings. The Morgan fingerprint density at radius 2 is 1.39 bits per heavy atom. The number of methoxy groups -OCH3 is 1. The van der Waals surface area contributed by atoms with Gasteiger partial charge in [0.15, 0.2) is 0 Å². The summed E-state index contributed by atoms with van der Waals surface area (Å²) in [6.07, 6.45) is 5.46. The molecule has 7 rings (SSSR count). The van der Waals surface area contributed by atoms with Crippen LogP contribution in [0.1, 0.15) is 61.4 Å². The number of nitrogen functional groups attached to an aromatic ring is 2. The average molecular weight is 851 g/mol. The molecule has 0 unspecified atom stereocenters. The van der Waals surface area contributed by atoms with E-state index in [0.717, 1.165) is 58.7 Å². The Bertz CT molecular complexity index is 2360. The Morgan fingerprint density at radius 3 is 1.98 bits per heavy atom. The van der Waals surface area contributed by atoms with Crippen LogP contribution in [0, 0.1) is 0 Å². The predicted octanol–water partition coefficient (Wildman–Crippen LogP) is 7.76. The van der Waals surface area contributed by atoms with Gasteiger partial charge in [0.1, 0.15) is 41.1 Å². The highest BCUT2D eigenvalue weighted by molar-refractivity contribution is 5.85. The Hall–Kier alpha value is -6.12. The number of hydrogen-bond acceptors (Lipinski definition) is 12. The van der Waals surface area contributed by atoms with Gasteiger partial charge in [0.05, 0.1) is 31.7 Å². The molecule has 2 aliphatic heterocycles. The summed E-state index contributed by atoms with van der Waals surface area (Å²) in [7, 11) is 1.63. The lowest BCUT2D eigenvalue weighted by Crippen LogP contribution is -2.39. The first-order valence-electron chi connectivity index (χ1n) is 19.9. The zero-order valence-electron chi connectivity index (χ0n) is 35.0. The van der Waals surface area contributed by atoms with Gasteiger partial charge in [-0.25, -0.2) is 14.8 Å². The molecule has 322 valence electrons. The van der Waals surface area contributed by atoms with Crippen LogP contribution in [0.2, 0.25) is 0 Å². The van der Waals surface area contributed by atoms with E-state index >= 15 is 0 Å². The summed E-state index contributed by atoms with van der Waals surface area (Å²) in [5.41, 5.74) is 20.2. The Morgan fingerprint density at radius 1 is 0.803 bits per heavy atom. The van der Waals surface area contributed by atoms with Gasteiger partial charge in [-0.05, 0) is 117 Å². The number of hydrogen-bond donors (Lipinski definition) is 6. The van der Waals surface area contributed by atoms with E-state index in [9.17, 15) is 20.1 Å². The maximum atomic E-state index is 12.7. The van der Waals surface area contributed by atoms with Gasteiger partial charge in [-0.1, -0.05) is 48.6 Å². The molecule has 0 aliphatic carbocycles. The molecule has 8 N–H and O–H groups in total. The number of rotatable bonds is 10. The molecule has 2 aromatic heterocycles. The molecule has 0 fully saturated rings. The van der Waals surface area contributed by atoms with Crippen molar-refractivity contribution in [1.82, 2.24) is 20.2 Å². The molecule has 1 amide bonds. The van der Waals surface area contributed by atoms with E-state index in [1.807, 2.05) is 87.5 Å². The second-order valence-electron chi connectivity index (χ2n) is 15.4. The smallest absolute Gasteiger partial charge is 0.410 e. The van der Waals surface area contributed by atoms with E-state index in [2.05, 4.69) is 27.4 Å². The summed E-state index contributed by atoms with van der Waals surface area (Å²) in [6.45, 7) is 8.07. The number of pyridine rings is 2. The number of aromatic nitrogens is 2. The number of nitrogens with one attached hydrogen (secondary N) is 1. The molecule has 0 atom stereocenters. The number of amides is 1. The Labute approximate surface area is 363 Å². The molecular weight excluding hydrogens is 796 g/mol. The van der Waals surface area contributed by atoms with Gasteiger partial charge >= 0.3 is 6.09 Å². The van der Waals surface area contributed by atoms with Gasteiger partial charge < -0.3 is 51.2 Å². The van der Waals surface area contributed by atoms with Gasteiger partial charge in [0, 0.05) is 41.9 Å². The van der Waals surface area contributed by atoms with Crippen LogP contribution in [-0.2, 0) is 24.6 Å². The van der Waals surface area contributed by atoms with E-state index in [1.165, 1.54) is 0 Å². The van der Waals surface area contributed by atoms with Crippen molar-refractivity contribution in [2.45, 2.75) is 59.0 Å². The molecular formula is C47H55ClN6O7. The molecule has 0 radical (unpaired) electrons. The van der Waals surface area contributed by atoms with Crippen LogP contribution in [-0.4, -0.2) is 75.2 Å². The van der Waals surface area contributed by atoms with Crippen molar-refractivity contribution in [2.24, 2.45) is 0 Å². The number of para-hydroxylation sites is 2. The van der Waals surface area contributed by atoms with E-state index < -0.39 is 5.60 Å². The monoisotopic (exact) mass is 850 g/mol. The Balaban J connectivity index is 0.000000260. The lowest BCUT2D eigenvalue weighted by Gasteiger charge is -2.31. The van der Waals surface area contributed by atoms with Crippen molar-refractivity contribution in [3.05, 3.63) is 125 Å². The second-order valence-corrected chi connectivity index (χ2v) is 15.4. The third-order valence-electron chi connectivity index (χ3n) is 10.0. The molecule has 0 saturated carbocycles. The number of anilines is 2. The number of phenols is 1. The van der Waals surface area contributed by atoms with Crippen LogP contribution in [0.5, 0.6) is 17.2 Å². The van der Waals surface area contributed by atoms with Crippen molar-refractivity contribution in [3.63, 3.8) is 0 Å². The minimum absolute atomic E-state index is 0. The van der Waals surface area contributed by atoms with Crippen LogP contribution in [0.4, 0.5) is 16.4 Å². The van der Waals surface area contributed by atoms with Crippen molar-refractivity contribution in [3.8, 4) is 39.8 Å². The number of carbonyl (C=O) groups excluding carboxylic acids is 1. The van der Waals surface area contributed by atoms with Crippen molar-refractivity contribution in [1.29, 1.82) is 0 Å². The number of aliphatic hydroxyl groups is 2. The first-order chi connectivity index (χ1) is 28.9. The zero-order chi connectivity index (χ0) is 42.8. The van der Waals surface area contributed by atoms with Gasteiger partial charge in [0.2, 0.25) is 0 Å². The quantitative estimate of drug-likeness (QED) is 0.0800. The lowest BCUT2D eigenvalue weighted by molar-refractivity contribution is 0.0273. The van der Waals surface area contributed by atoms with Gasteiger partial charge in [-0.15, -0.1) is 12.4 Å². The molecule has 61 heavy (non-hydrogen) atoms. The van der Waals surface area contributed by atoms with Crippen molar-refractivity contribution < 1.29 is 34.3 Å². The number of aliphatic hydroxyl groups excluding tert-OH is 2. The van der Waals surface area contributed by atoms with Crippen molar-refractivity contribution >= 4 is 41.3 Å². The fourth-order valence-electron chi connectivity index (χ4n) is 7.01. The molecule has 0 spiro atoms. The SMILES string of the molecule is COc1ccc(COc2ccccc2-c2cc(C3=CCCN(C(=O)OC(C)(C)C)C3)c(CO)c(N)n2)cc1.Cl.Nc1nc(-c2ccccc2O)cc(C2=CCCNC2)c1CO. The largest absolute Gasteiger partial charge is 0.507 e. The summed E-state index contributed by atoms with van der Waals surface area (Å²) in [5.74, 6) is 2.14.